The Labute approximate surface area is 144 Å². The predicted octanol–water partition coefficient (Wildman–Crippen LogP) is 3.74. The van der Waals surface area contributed by atoms with Gasteiger partial charge in [0.15, 0.2) is 10.6 Å². The van der Waals surface area contributed by atoms with Gasteiger partial charge in [0, 0.05) is 19.0 Å². The van der Waals surface area contributed by atoms with Crippen LogP contribution in [-0.2, 0) is 16.6 Å². The van der Waals surface area contributed by atoms with Crippen molar-refractivity contribution in [1.29, 1.82) is 0 Å². The van der Waals surface area contributed by atoms with Gasteiger partial charge in [0.2, 0.25) is 5.91 Å². The fourth-order valence-electron chi connectivity index (χ4n) is 1.77. The van der Waals surface area contributed by atoms with Crippen LogP contribution >= 0.6 is 24.4 Å². The highest BCUT2D eigenvalue weighted by Crippen LogP contribution is 2.07. The molecule has 0 aliphatic rings. The Morgan fingerprint density at radius 2 is 1.96 bits per heavy atom. The first-order valence-electron chi connectivity index (χ1n) is 7.09. The Balaban J connectivity index is 2.47. The van der Waals surface area contributed by atoms with Crippen molar-refractivity contribution in [2.75, 3.05) is 6.61 Å². The third-order valence-corrected chi connectivity index (χ3v) is 4.07. The average molecular weight is 358 g/mol. The summed E-state index contributed by atoms with van der Waals surface area (Å²) < 4.78 is 21.1. The number of rotatable bonds is 7. The standard InChI is InChI=1S/C15H19FN2O3S2/c1-10(2)14(20)21-8-6-4-5-7-12(19)18-9-11(16)13(22)17(3)15(18)23/h9H,1,4-8H2,2-3H3. The summed E-state index contributed by atoms with van der Waals surface area (Å²) >= 11 is 9.95. The minimum atomic E-state index is -0.656. The molecule has 1 rings (SSSR count). The van der Waals surface area contributed by atoms with Gasteiger partial charge >= 0.3 is 5.97 Å². The van der Waals surface area contributed by atoms with Crippen LogP contribution in [0.25, 0.3) is 0 Å². The van der Waals surface area contributed by atoms with Crippen LogP contribution in [0.1, 0.15) is 37.4 Å². The van der Waals surface area contributed by atoms with Crippen molar-refractivity contribution in [3.05, 3.63) is 33.6 Å². The van der Waals surface area contributed by atoms with Gasteiger partial charge in [-0.05, 0) is 38.4 Å². The Morgan fingerprint density at radius 3 is 2.57 bits per heavy atom. The number of hydrogen-bond donors (Lipinski definition) is 0. The Kier molecular flexibility index (Phi) is 7.44. The number of aromatic nitrogens is 2. The van der Waals surface area contributed by atoms with E-state index in [9.17, 15) is 14.0 Å². The van der Waals surface area contributed by atoms with Crippen LogP contribution in [0.15, 0.2) is 18.3 Å². The number of unbranched alkanes of at least 4 members (excludes halogenated alkanes) is 2. The highest BCUT2D eigenvalue weighted by atomic mass is 32.1. The van der Waals surface area contributed by atoms with E-state index in [2.05, 4.69) is 6.58 Å². The van der Waals surface area contributed by atoms with Crippen molar-refractivity contribution in [3.63, 3.8) is 0 Å². The van der Waals surface area contributed by atoms with Gasteiger partial charge in [-0.3, -0.25) is 9.36 Å². The molecule has 0 spiro atoms. The zero-order valence-electron chi connectivity index (χ0n) is 13.1. The number of esters is 1. The lowest BCUT2D eigenvalue weighted by molar-refractivity contribution is -0.139. The number of carbonyl (C=O) groups excluding carboxylic acids is 2. The summed E-state index contributed by atoms with van der Waals surface area (Å²) in [5.41, 5.74) is 0.356. The SMILES string of the molecule is C=C(C)C(=O)OCCCCCC(=O)n1cc(F)c(=S)n(C)c1=S. The van der Waals surface area contributed by atoms with E-state index in [1.54, 1.807) is 6.92 Å². The topological polar surface area (TPSA) is 53.2 Å². The molecule has 0 aromatic carbocycles. The highest BCUT2D eigenvalue weighted by molar-refractivity contribution is 7.72. The quantitative estimate of drug-likeness (QED) is 0.322. The smallest absolute Gasteiger partial charge is 0.333 e. The normalized spacial score (nSPS) is 10.4. The molecule has 0 saturated carbocycles. The van der Waals surface area contributed by atoms with E-state index in [0.717, 1.165) is 10.8 Å². The van der Waals surface area contributed by atoms with Gasteiger partial charge < -0.3 is 9.30 Å². The van der Waals surface area contributed by atoms with Crippen LogP contribution in [0.4, 0.5) is 4.39 Å². The molecule has 126 valence electrons. The van der Waals surface area contributed by atoms with Crippen molar-refractivity contribution in [3.8, 4) is 0 Å². The second-order valence-electron chi connectivity index (χ2n) is 5.11. The van der Waals surface area contributed by atoms with Gasteiger partial charge in [0.25, 0.3) is 0 Å². The average Bonchev–Trinajstić information content (AvgIpc) is 2.51. The number of carbonyl (C=O) groups is 2. The second kappa shape index (κ2) is 8.83. The maximum atomic E-state index is 13.6. The van der Waals surface area contributed by atoms with Crippen molar-refractivity contribution in [2.45, 2.75) is 32.6 Å². The largest absolute Gasteiger partial charge is 0.462 e. The molecule has 0 fully saturated rings. The fraction of sp³-hybridized carbons (Fsp3) is 0.467. The lowest BCUT2D eigenvalue weighted by Gasteiger charge is -2.09. The van der Waals surface area contributed by atoms with E-state index in [1.165, 1.54) is 11.6 Å². The van der Waals surface area contributed by atoms with Crippen LogP contribution in [0.2, 0.25) is 0 Å². The van der Waals surface area contributed by atoms with Crippen molar-refractivity contribution >= 4 is 36.3 Å². The molecule has 0 amide bonds. The van der Waals surface area contributed by atoms with Gasteiger partial charge in [-0.1, -0.05) is 18.8 Å². The molecule has 0 atom stereocenters. The molecular weight excluding hydrogens is 339 g/mol. The minimum Gasteiger partial charge on any atom is -0.462 e. The van der Waals surface area contributed by atoms with E-state index in [0.29, 0.717) is 24.8 Å². The molecule has 8 heteroatoms. The molecular formula is C15H19FN2O3S2. The molecule has 0 saturated heterocycles. The molecule has 0 N–H and O–H groups in total. The fourth-order valence-corrected chi connectivity index (χ4v) is 2.22. The van der Waals surface area contributed by atoms with E-state index in [-0.39, 0.29) is 28.3 Å². The summed E-state index contributed by atoms with van der Waals surface area (Å²) in [6.45, 7) is 5.35. The summed E-state index contributed by atoms with van der Waals surface area (Å²) in [6.07, 6.45) is 3.19. The van der Waals surface area contributed by atoms with Gasteiger partial charge in [-0.15, -0.1) is 0 Å². The van der Waals surface area contributed by atoms with E-state index < -0.39 is 11.8 Å². The van der Waals surface area contributed by atoms with Crippen LogP contribution in [0, 0.1) is 15.2 Å². The zero-order chi connectivity index (χ0) is 17.6. The monoisotopic (exact) mass is 358 g/mol. The Hall–Kier alpha value is -1.67. The summed E-state index contributed by atoms with van der Waals surface area (Å²) in [4.78, 5) is 23.3. The Morgan fingerprint density at radius 1 is 1.30 bits per heavy atom. The summed E-state index contributed by atoms with van der Waals surface area (Å²) in [6, 6.07) is 0. The molecule has 0 unspecified atom stereocenters. The number of halogens is 1. The third kappa shape index (κ3) is 5.47. The Bertz CT molecular complexity index is 737. The number of hydrogen-bond acceptors (Lipinski definition) is 5. The summed E-state index contributed by atoms with van der Waals surface area (Å²) in [5.74, 6) is -1.37. The first-order valence-corrected chi connectivity index (χ1v) is 7.91. The summed E-state index contributed by atoms with van der Waals surface area (Å²) in [7, 11) is 1.52. The highest BCUT2D eigenvalue weighted by Gasteiger charge is 2.10. The van der Waals surface area contributed by atoms with Crippen LogP contribution < -0.4 is 0 Å². The van der Waals surface area contributed by atoms with Gasteiger partial charge in [-0.2, -0.15) is 0 Å². The predicted molar refractivity (Wildman–Crippen MR) is 89.9 cm³/mol. The first kappa shape index (κ1) is 19.4. The minimum absolute atomic E-state index is 0.0293. The second-order valence-corrected chi connectivity index (χ2v) is 5.87. The molecule has 5 nitrogen and oxygen atoms in total. The molecule has 23 heavy (non-hydrogen) atoms. The lowest BCUT2D eigenvalue weighted by atomic mass is 10.2. The van der Waals surface area contributed by atoms with Crippen molar-refractivity contribution in [2.24, 2.45) is 7.05 Å². The molecule has 1 aromatic heterocycles. The molecule has 0 radical (unpaired) electrons. The number of nitrogens with zero attached hydrogens (tertiary/aromatic N) is 2. The van der Waals surface area contributed by atoms with E-state index in [4.69, 9.17) is 29.2 Å². The van der Waals surface area contributed by atoms with Crippen molar-refractivity contribution in [1.82, 2.24) is 9.13 Å². The van der Waals surface area contributed by atoms with Gasteiger partial charge in [0.1, 0.15) is 4.64 Å². The van der Waals surface area contributed by atoms with Crippen LogP contribution in [0.3, 0.4) is 0 Å². The van der Waals surface area contributed by atoms with Gasteiger partial charge in [0.05, 0.1) is 12.8 Å². The summed E-state index contributed by atoms with van der Waals surface area (Å²) in [5, 5.41) is 0. The first-order chi connectivity index (χ1) is 10.8. The zero-order valence-corrected chi connectivity index (χ0v) is 14.8. The van der Waals surface area contributed by atoms with Crippen LogP contribution in [0.5, 0.6) is 0 Å². The molecule has 0 aliphatic carbocycles. The third-order valence-electron chi connectivity index (χ3n) is 3.13. The van der Waals surface area contributed by atoms with E-state index in [1.807, 2.05) is 0 Å². The van der Waals surface area contributed by atoms with Gasteiger partial charge in [-0.25, -0.2) is 9.18 Å². The lowest BCUT2D eigenvalue weighted by Crippen LogP contribution is -2.17. The maximum absolute atomic E-state index is 13.6. The molecule has 0 aliphatic heterocycles. The number of ether oxygens (including phenoxy) is 1. The van der Waals surface area contributed by atoms with Crippen molar-refractivity contribution < 1.29 is 18.7 Å². The van der Waals surface area contributed by atoms with Crippen LogP contribution in [-0.4, -0.2) is 27.6 Å². The molecule has 0 bridgehead atoms. The molecule has 1 aromatic rings. The van der Waals surface area contributed by atoms with E-state index >= 15 is 0 Å². The maximum Gasteiger partial charge on any atom is 0.333 e. The molecule has 1 heterocycles.